The van der Waals surface area contributed by atoms with E-state index < -0.39 is 36.4 Å². The van der Waals surface area contributed by atoms with Crippen molar-refractivity contribution in [1.29, 1.82) is 0 Å². The molecule has 152 valence electrons. The third-order valence-corrected chi connectivity index (χ3v) is 4.93. The summed E-state index contributed by atoms with van der Waals surface area (Å²) in [6.07, 6.45) is 3.17. The molecule has 0 spiro atoms. The van der Waals surface area contributed by atoms with Gasteiger partial charge in [0.15, 0.2) is 18.1 Å². The third-order valence-electron chi connectivity index (χ3n) is 4.93. The first-order valence-electron chi connectivity index (χ1n) is 9.00. The summed E-state index contributed by atoms with van der Waals surface area (Å²) >= 11 is 0. The van der Waals surface area contributed by atoms with Crippen LogP contribution in [0, 0.1) is 11.8 Å². The number of nitrogens with zero attached hydrogens (tertiary/aromatic N) is 3. The van der Waals surface area contributed by atoms with E-state index in [-0.39, 0.29) is 23.4 Å². The SMILES string of the molecule is C=N/C=C(\N=CC)C(=O)OCC(=O)C1NC(=O)C2C(CCNN2C(C)=O)C1C. The van der Waals surface area contributed by atoms with Crippen molar-refractivity contribution >= 4 is 36.5 Å². The molecule has 2 aliphatic heterocycles. The highest BCUT2D eigenvalue weighted by Crippen LogP contribution is 2.32. The topological polar surface area (TPSA) is 130 Å². The zero-order chi connectivity index (χ0) is 20.8. The monoisotopic (exact) mass is 391 g/mol. The second-order valence-electron chi connectivity index (χ2n) is 6.67. The summed E-state index contributed by atoms with van der Waals surface area (Å²) in [7, 11) is 0. The summed E-state index contributed by atoms with van der Waals surface area (Å²) in [6, 6.07) is -1.46. The molecule has 2 rings (SSSR count). The first-order valence-corrected chi connectivity index (χ1v) is 9.00. The number of ketones is 1. The standard InChI is InChI=1S/C18H25N5O5/c1-5-20-13(8-19-4)18(27)28-9-14(25)15-10(2)12-6-7-21-23(11(3)24)16(12)17(26)22-15/h5,8,10,12,15-16,21H,4,6-7,9H2,1-3H3,(H,22,26)/b13-8-,20-5?. The Morgan fingerprint density at radius 1 is 1.39 bits per heavy atom. The van der Waals surface area contributed by atoms with Crippen molar-refractivity contribution in [2.24, 2.45) is 21.8 Å². The summed E-state index contributed by atoms with van der Waals surface area (Å²) in [5, 5.41) is 3.99. The van der Waals surface area contributed by atoms with Crippen LogP contribution >= 0.6 is 0 Å². The fraction of sp³-hybridized carbons (Fsp3) is 0.556. The van der Waals surface area contributed by atoms with Crippen molar-refractivity contribution < 1.29 is 23.9 Å². The number of nitrogens with one attached hydrogen (secondary N) is 2. The van der Waals surface area contributed by atoms with E-state index in [0.717, 1.165) is 6.20 Å². The number of amides is 2. The Kier molecular flexibility index (Phi) is 7.16. The highest BCUT2D eigenvalue weighted by Gasteiger charge is 2.49. The molecule has 0 aliphatic carbocycles. The van der Waals surface area contributed by atoms with Gasteiger partial charge in [-0.25, -0.2) is 10.2 Å². The van der Waals surface area contributed by atoms with Gasteiger partial charge in [0, 0.05) is 19.7 Å². The average Bonchev–Trinajstić information content (AvgIpc) is 2.67. The summed E-state index contributed by atoms with van der Waals surface area (Å²) in [6.45, 7) is 8.13. The Bertz CT molecular complexity index is 732. The number of fused-ring (bicyclic) bond motifs is 1. The number of rotatable bonds is 6. The smallest absolute Gasteiger partial charge is 0.358 e. The third kappa shape index (κ3) is 4.50. The molecule has 2 N–H and O–H groups in total. The summed E-state index contributed by atoms with van der Waals surface area (Å²) in [4.78, 5) is 56.3. The first-order chi connectivity index (χ1) is 13.3. The minimum Gasteiger partial charge on any atom is -0.453 e. The van der Waals surface area contributed by atoms with Gasteiger partial charge < -0.3 is 10.1 Å². The highest BCUT2D eigenvalue weighted by molar-refractivity contribution is 5.96. The molecule has 10 heteroatoms. The molecule has 0 aromatic heterocycles. The van der Waals surface area contributed by atoms with E-state index >= 15 is 0 Å². The van der Waals surface area contributed by atoms with Gasteiger partial charge in [0.05, 0.1) is 12.2 Å². The number of piperidine rings is 1. The Morgan fingerprint density at radius 3 is 2.71 bits per heavy atom. The van der Waals surface area contributed by atoms with Gasteiger partial charge in [-0.1, -0.05) is 6.92 Å². The van der Waals surface area contributed by atoms with E-state index in [4.69, 9.17) is 4.74 Å². The fourth-order valence-electron chi connectivity index (χ4n) is 3.62. The molecule has 2 heterocycles. The molecule has 10 nitrogen and oxygen atoms in total. The maximum absolute atomic E-state index is 12.6. The molecule has 0 aromatic rings. The first kappa shape index (κ1) is 21.4. The lowest BCUT2D eigenvalue weighted by Crippen LogP contribution is -2.69. The number of hydrazine groups is 1. The lowest BCUT2D eigenvalue weighted by atomic mass is 9.74. The predicted octanol–water partition coefficient (Wildman–Crippen LogP) is -0.392. The number of Topliss-reactive ketones (excluding diaryl/α,β-unsaturated/α-hetero) is 1. The predicted molar refractivity (Wildman–Crippen MR) is 101 cm³/mol. The number of aliphatic imine (C=N–C) groups is 2. The second-order valence-corrected chi connectivity index (χ2v) is 6.67. The van der Waals surface area contributed by atoms with E-state index in [9.17, 15) is 19.2 Å². The lowest BCUT2D eigenvalue weighted by Gasteiger charge is -2.47. The van der Waals surface area contributed by atoms with Crippen LogP contribution in [0.4, 0.5) is 0 Å². The maximum atomic E-state index is 12.6. The number of ether oxygens (including phenoxy) is 1. The minimum atomic E-state index is -0.809. The molecule has 2 fully saturated rings. The molecule has 0 radical (unpaired) electrons. The molecule has 0 aromatic carbocycles. The number of carbonyl (C=O) groups is 4. The van der Waals surface area contributed by atoms with E-state index in [1.807, 2.05) is 6.92 Å². The van der Waals surface area contributed by atoms with Crippen molar-refractivity contribution in [2.45, 2.75) is 39.3 Å². The Morgan fingerprint density at radius 2 is 2.11 bits per heavy atom. The van der Waals surface area contributed by atoms with Crippen molar-refractivity contribution in [1.82, 2.24) is 15.8 Å². The lowest BCUT2D eigenvalue weighted by molar-refractivity contribution is -0.156. The van der Waals surface area contributed by atoms with E-state index in [0.29, 0.717) is 13.0 Å². The second kappa shape index (κ2) is 9.36. The van der Waals surface area contributed by atoms with Crippen LogP contribution in [0.2, 0.25) is 0 Å². The summed E-state index contributed by atoms with van der Waals surface area (Å²) < 4.78 is 5.02. The maximum Gasteiger partial charge on any atom is 0.358 e. The molecular formula is C18H25N5O5. The van der Waals surface area contributed by atoms with Crippen molar-refractivity contribution in [3.8, 4) is 0 Å². The van der Waals surface area contributed by atoms with Gasteiger partial charge in [0.2, 0.25) is 11.8 Å². The van der Waals surface area contributed by atoms with Crippen LogP contribution in [0.25, 0.3) is 0 Å². The van der Waals surface area contributed by atoms with Crippen molar-refractivity contribution in [2.75, 3.05) is 13.2 Å². The van der Waals surface area contributed by atoms with Gasteiger partial charge in [0.1, 0.15) is 6.04 Å². The summed E-state index contributed by atoms with van der Waals surface area (Å²) in [5.74, 6) is -2.29. The van der Waals surface area contributed by atoms with Crippen molar-refractivity contribution in [3.05, 3.63) is 11.9 Å². The fourth-order valence-corrected chi connectivity index (χ4v) is 3.62. The van der Waals surface area contributed by atoms with Crippen molar-refractivity contribution in [3.63, 3.8) is 0 Å². The van der Waals surface area contributed by atoms with Crippen LogP contribution in [0.3, 0.4) is 0 Å². The zero-order valence-corrected chi connectivity index (χ0v) is 16.2. The van der Waals surface area contributed by atoms with Gasteiger partial charge in [0.25, 0.3) is 0 Å². The van der Waals surface area contributed by atoms with E-state index in [2.05, 4.69) is 27.4 Å². The molecule has 2 saturated heterocycles. The molecule has 0 saturated carbocycles. The van der Waals surface area contributed by atoms with Crippen LogP contribution in [0.5, 0.6) is 0 Å². The summed E-state index contributed by atoms with van der Waals surface area (Å²) in [5.41, 5.74) is 2.84. The molecule has 0 bridgehead atoms. The van der Waals surface area contributed by atoms with E-state index in [1.54, 1.807) is 6.92 Å². The molecule has 2 amide bonds. The number of hydrogen-bond donors (Lipinski definition) is 2. The molecular weight excluding hydrogens is 366 g/mol. The number of hydrogen-bond acceptors (Lipinski definition) is 8. The Balaban J connectivity index is 2.06. The number of carbonyl (C=O) groups excluding carboxylic acids is 4. The van der Waals surface area contributed by atoms with Crippen LogP contribution in [-0.2, 0) is 23.9 Å². The van der Waals surface area contributed by atoms with Gasteiger partial charge in [-0.3, -0.25) is 29.4 Å². The Hall–Kier alpha value is -2.88. The van der Waals surface area contributed by atoms with Crippen LogP contribution in [0.15, 0.2) is 21.9 Å². The van der Waals surface area contributed by atoms with Gasteiger partial charge in [-0.2, -0.15) is 0 Å². The van der Waals surface area contributed by atoms with Crippen LogP contribution < -0.4 is 10.7 Å². The van der Waals surface area contributed by atoms with Gasteiger partial charge >= 0.3 is 5.97 Å². The number of esters is 1. The van der Waals surface area contributed by atoms with E-state index in [1.165, 1.54) is 18.1 Å². The van der Waals surface area contributed by atoms with Crippen LogP contribution in [0.1, 0.15) is 27.2 Å². The normalized spacial score (nSPS) is 27.8. The molecule has 4 unspecified atom stereocenters. The van der Waals surface area contributed by atoms with Crippen LogP contribution in [-0.4, -0.2) is 66.7 Å². The largest absolute Gasteiger partial charge is 0.453 e. The molecule has 28 heavy (non-hydrogen) atoms. The minimum absolute atomic E-state index is 0.0819. The van der Waals surface area contributed by atoms with Gasteiger partial charge in [-0.05, 0) is 31.9 Å². The zero-order valence-electron chi connectivity index (χ0n) is 16.2. The quantitative estimate of drug-likeness (QED) is 0.360. The van der Waals surface area contributed by atoms with Gasteiger partial charge in [-0.15, -0.1) is 0 Å². The molecule has 2 aliphatic rings. The Labute approximate surface area is 163 Å². The molecule has 4 atom stereocenters. The highest BCUT2D eigenvalue weighted by atomic mass is 16.5. The average molecular weight is 391 g/mol.